The first-order valence-corrected chi connectivity index (χ1v) is 10.0. The fourth-order valence-electron chi connectivity index (χ4n) is 2.82. The average Bonchev–Trinajstić information content (AvgIpc) is 3.33. The minimum absolute atomic E-state index is 0.109. The van der Waals surface area contributed by atoms with Crippen LogP contribution >= 0.6 is 11.8 Å². The first-order chi connectivity index (χ1) is 13.1. The minimum Gasteiger partial charge on any atom is -0.467 e. The predicted molar refractivity (Wildman–Crippen MR) is 106 cm³/mol. The molecule has 0 aliphatic carbocycles. The average molecular weight is 385 g/mol. The lowest BCUT2D eigenvalue weighted by molar-refractivity contribution is 0.0947. The molecule has 6 nitrogen and oxygen atoms in total. The second kappa shape index (κ2) is 8.90. The number of furan rings is 1. The van der Waals surface area contributed by atoms with Crippen LogP contribution in [-0.4, -0.2) is 20.7 Å². The Morgan fingerprint density at radius 3 is 2.74 bits per heavy atom. The number of thioether (sulfide) groups is 1. The van der Waals surface area contributed by atoms with Crippen molar-refractivity contribution in [3.63, 3.8) is 0 Å². The van der Waals surface area contributed by atoms with Crippen molar-refractivity contribution in [2.24, 2.45) is 0 Å². The molecular formula is C20H24N4O2S. The van der Waals surface area contributed by atoms with Gasteiger partial charge in [-0.1, -0.05) is 43.8 Å². The molecule has 0 radical (unpaired) electrons. The lowest BCUT2D eigenvalue weighted by Gasteiger charge is -2.11. The molecule has 0 saturated carbocycles. The van der Waals surface area contributed by atoms with Crippen LogP contribution in [0.2, 0.25) is 0 Å². The maximum absolute atomic E-state index is 12.6. The van der Waals surface area contributed by atoms with Crippen LogP contribution < -0.4 is 5.32 Å². The molecule has 0 bridgehead atoms. The zero-order valence-electron chi connectivity index (χ0n) is 15.8. The van der Waals surface area contributed by atoms with Gasteiger partial charge in [0.1, 0.15) is 11.6 Å². The van der Waals surface area contributed by atoms with Gasteiger partial charge in [-0.05, 0) is 30.7 Å². The summed E-state index contributed by atoms with van der Waals surface area (Å²) in [7, 11) is 0. The van der Waals surface area contributed by atoms with Crippen LogP contribution in [0.15, 0.2) is 52.2 Å². The van der Waals surface area contributed by atoms with Crippen LogP contribution in [-0.2, 0) is 18.8 Å². The Morgan fingerprint density at radius 1 is 1.22 bits per heavy atom. The van der Waals surface area contributed by atoms with E-state index in [-0.39, 0.29) is 5.91 Å². The van der Waals surface area contributed by atoms with E-state index in [9.17, 15) is 4.79 Å². The van der Waals surface area contributed by atoms with E-state index in [2.05, 4.69) is 40.9 Å². The number of hydrogen-bond donors (Lipinski definition) is 1. The third-order valence-electron chi connectivity index (χ3n) is 4.20. The second-order valence-electron chi connectivity index (χ2n) is 6.45. The highest BCUT2D eigenvalue weighted by atomic mass is 32.2. The normalized spacial score (nSPS) is 11.1. The van der Waals surface area contributed by atoms with Gasteiger partial charge in [0.05, 0.1) is 12.8 Å². The Labute approximate surface area is 163 Å². The summed E-state index contributed by atoms with van der Waals surface area (Å²) >= 11 is 1.60. The van der Waals surface area contributed by atoms with Crippen LogP contribution in [0.3, 0.4) is 0 Å². The van der Waals surface area contributed by atoms with Gasteiger partial charge >= 0.3 is 0 Å². The summed E-state index contributed by atoms with van der Waals surface area (Å²) in [5.74, 6) is 2.59. The highest BCUT2D eigenvalue weighted by molar-refractivity contribution is 7.98. The third-order valence-corrected chi connectivity index (χ3v) is 5.22. The second-order valence-corrected chi connectivity index (χ2v) is 7.39. The number of nitrogens with zero attached hydrogens (tertiary/aromatic N) is 3. The van der Waals surface area contributed by atoms with E-state index in [1.54, 1.807) is 24.1 Å². The Balaban J connectivity index is 1.70. The quantitative estimate of drug-likeness (QED) is 0.588. The molecule has 1 N–H and O–H groups in total. The van der Waals surface area contributed by atoms with Gasteiger partial charge in [0.25, 0.3) is 5.91 Å². The van der Waals surface area contributed by atoms with E-state index in [0.717, 1.165) is 28.8 Å². The van der Waals surface area contributed by atoms with Crippen molar-refractivity contribution in [2.45, 2.75) is 50.7 Å². The number of aromatic nitrogens is 3. The molecule has 3 rings (SSSR count). The molecule has 3 aromatic rings. The molecular weight excluding hydrogens is 360 g/mol. The Morgan fingerprint density at radius 2 is 2.04 bits per heavy atom. The maximum atomic E-state index is 12.6. The van der Waals surface area contributed by atoms with Gasteiger partial charge in [-0.3, -0.25) is 4.79 Å². The number of nitrogens with one attached hydrogen (secondary N) is 1. The van der Waals surface area contributed by atoms with Gasteiger partial charge in [0, 0.05) is 23.8 Å². The molecule has 2 aromatic heterocycles. The first kappa shape index (κ1) is 19.2. The lowest BCUT2D eigenvalue weighted by atomic mass is 10.1. The molecule has 27 heavy (non-hydrogen) atoms. The molecule has 0 atom stereocenters. The minimum atomic E-state index is -0.109. The van der Waals surface area contributed by atoms with Crippen LogP contribution in [0.25, 0.3) is 0 Å². The van der Waals surface area contributed by atoms with Crippen molar-refractivity contribution in [2.75, 3.05) is 0 Å². The molecule has 0 saturated heterocycles. The van der Waals surface area contributed by atoms with Gasteiger partial charge < -0.3 is 14.3 Å². The van der Waals surface area contributed by atoms with Crippen molar-refractivity contribution < 1.29 is 9.21 Å². The summed E-state index contributed by atoms with van der Waals surface area (Å²) in [6.07, 6.45) is 1.60. The molecule has 0 fully saturated rings. The van der Waals surface area contributed by atoms with Crippen LogP contribution in [0.5, 0.6) is 0 Å². The molecule has 1 aromatic carbocycles. The summed E-state index contributed by atoms with van der Waals surface area (Å²) in [4.78, 5) is 12.6. The largest absolute Gasteiger partial charge is 0.467 e. The highest BCUT2D eigenvalue weighted by Gasteiger charge is 2.16. The van der Waals surface area contributed by atoms with Crippen molar-refractivity contribution in [1.82, 2.24) is 20.1 Å². The van der Waals surface area contributed by atoms with Crippen molar-refractivity contribution >= 4 is 17.7 Å². The van der Waals surface area contributed by atoms with Gasteiger partial charge in [0.2, 0.25) is 0 Å². The molecule has 142 valence electrons. The summed E-state index contributed by atoms with van der Waals surface area (Å²) < 4.78 is 7.40. The van der Waals surface area contributed by atoms with E-state index in [1.807, 2.05) is 30.3 Å². The monoisotopic (exact) mass is 384 g/mol. The van der Waals surface area contributed by atoms with E-state index in [1.165, 1.54) is 0 Å². The number of carbonyl (C=O) groups is 1. The number of amides is 1. The third kappa shape index (κ3) is 4.60. The van der Waals surface area contributed by atoms with E-state index in [0.29, 0.717) is 23.8 Å². The standard InChI is InChI=1S/C20H24N4O2S/c1-4-24-18(14(2)3)22-23-20(24)27-13-15-8-5-6-10-17(15)19(25)21-12-16-9-7-11-26-16/h5-11,14H,4,12-13H2,1-3H3,(H,21,25). The SMILES string of the molecule is CCn1c(SCc2ccccc2C(=O)NCc2ccco2)nnc1C(C)C. The fraction of sp³-hybridized carbons (Fsp3) is 0.350. The first-order valence-electron chi connectivity index (χ1n) is 9.04. The summed E-state index contributed by atoms with van der Waals surface area (Å²) in [5.41, 5.74) is 1.64. The lowest BCUT2D eigenvalue weighted by Crippen LogP contribution is -2.23. The van der Waals surface area contributed by atoms with Crippen molar-refractivity contribution in [3.8, 4) is 0 Å². The molecule has 7 heteroatoms. The highest BCUT2D eigenvalue weighted by Crippen LogP contribution is 2.26. The number of hydrogen-bond acceptors (Lipinski definition) is 5. The van der Waals surface area contributed by atoms with Crippen LogP contribution in [0.1, 0.15) is 54.2 Å². The maximum Gasteiger partial charge on any atom is 0.251 e. The molecule has 0 aliphatic rings. The smallest absolute Gasteiger partial charge is 0.251 e. The molecule has 0 aliphatic heterocycles. The Bertz CT molecular complexity index is 887. The van der Waals surface area contributed by atoms with Gasteiger partial charge in [-0.2, -0.15) is 0 Å². The summed E-state index contributed by atoms with van der Waals surface area (Å²) in [6.45, 7) is 7.52. The number of rotatable bonds is 8. The van der Waals surface area contributed by atoms with E-state index in [4.69, 9.17) is 4.42 Å². The van der Waals surface area contributed by atoms with Gasteiger partial charge in [-0.25, -0.2) is 0 Å². The zero-order chi connectivity index (χ0) is 19.2. The topological polar surface area (TPSA) is 73.0 Å². The molecule has 2 heterocycles. The molecule has 1 amide bonds. The Hall–Kier alpha value is -2.54. The van der Waals surface area contributed by atoms with Crippen molar-refractivity contribution in [3.05, 3.63) is 65.4 Å². The molecule has 0 unspecified atom stereocenters. The Kier molecular flexibility index (Phi) is 6.34. The van der Waals surface area contributed by atoms with Crippen LogP contribution in [0.4, 0.5) is 0 Å². The van der Waals surface area contributed by atoms with Gasteiger partial charge in [0.15, 0.2) is 5.16 Å². The van der Waals surface area contributed by atoms with Gasteiger partial charge in [-0.15, -0.1) is 10.2 Å². The fourth-order valence-corrected chi connectivity index (χ4v) is 3.83. The van der Waals surface area contributed by atoms with Crippen molar-refractivity contribution in [1.29, 1.82) is 0 Å². The number of benzene rings is 1. The van der Waals surface area contributed by atoms with E-state index >= 15 is 0 Å². The zero-order valence-corrected chi connectivity index (χ0v) is 16.6. The van der Waals surface area contributed by atoms with Crippen LogP contribution in [0, 0.1) is 0 Å². The number of carbonyl (C=O) groups excluding carboxylic acids is 1. The summed E-state index contributed by atoms with van der Waals surface area (Å²) in [6, 6.07) is 11.3. The summed E-state index contributed by atoms with van der Waals surface area (Å²) in [5, 5.41) is 12.4. The van der Waals surface area contributed by atoms with E-state index < -0.39 is 0 Å². The predicted octanol–water partition coefficient (Wildman–Crippen LogP) is 4.24. The molecule has 0 spiro atoms.